The van der Waals surface area contributed by atoms with Crippen LogP contribution in [0.1, 0.15) is 56.0 Å². The maximum atomic E-state index is 10.5. The Hall–Kier alpha value is -1.46. The van der Waals surface area contributed by atoms with E-state index in [1.807, 2.05) is 6.07 Å². The Labute approximate surface area is 140 Å². The average molecular weight is 332 g/mol. The lowest BCUT2D eigenvalue weighted by Gasteiger charge is -2.29. The van der Waals surface area contributed by atoms with Crippen LogP contribution in [0.4, 0.5) is 0 Å². The highest BCUT2D eigenvalue weighted by atomic mass is 32.1. The van der Waals surface area contributed by atoms with Crippen LogP contribution in [-0.2, 0) is 4.79 Å². The second-order valence-corrected chi connectivity index (χ2v) is 7.47. The van der Waals surface area contributed by atoms with E-state index in [1.165, 1.54) is 22.5 Å². The van der Waals surface area contributed by atoms with Crippen LogP contribution in [0.5, 0.6) is 0 Å². The third kappa shape index (κ3) is 4.52. The van der Waals surface area contributed by atoms with Gasteiger partial charge in [0.15, 0.2) is 0 Å². The minimum Gasteiger partial charge on any atom is -0.481 e. The van der Waals surface area contributed by atoms with E-state index in [9.17, 15) is 4.79 Å². The molecular weight excluding hydrogens is 308 g/mol. The Morgan fingerprint density at radius 2 is 2.17 bits per heavy atom. The van der Waals surface area contributed by atoms with Crippen LogP contribution in [0.2, 0.25) is 0 Å². The highest BCUT2D eigenvalue weighted by Gasteiger charge is 2.24. The van der Waals surface area contributed by atoms with Gasteiger partial charge in [0, 0.05) is 6.42 Å². The summed E-state index contributed by atoms with van der Waals surface area (Å²) in [6, 6.07) is 8.71. The molecule has 23 heavy (non-hydrogen) atoms. The van der Waals surface area contributed by atoms with Crippen LogP contribution in [0.15, 0.2) is 24.3 Å². The first kappa shape index (κ1) is 16.4. The van der Waals surface area contributed by atoms with Crippen molar-refractivity contribution in [3.05, 3.63) is 29.3 Å². The van der Waals surface area contributed by atoms with Crippen LogP contribution in [0.3, 0.4) is 0 Å². The number of unbranched alkanes of at least 4 members (excludes halogenated alkanes) is 2. The lowest BCUT2D eigenvalue weighted by atomic mass is 9.88. The van der Waals surface area contributed by atoms with Gasteiger partial charge in [-0.1, -0.05) is 31.4 Å². The Kier molecular flexibility index (Phi) is 5.62. The SMILES string of the molecule is O=C(O)CCCCCC1CCNC(c2nc3ccccc3s2)C1. The van der Waals surface area contributed by atoms with Crippen molar-refractivity contribution in [3.63, 3.8) is 0 Å². The van der Waals surface area contributed by atoms with E-state index >= 15 is 0 Å². The van der Waals surface area contributed by atoms with Crippen molar-refractivity contribution >= 4 is 27.5 Å². The standard InChI is InChI=1S/C18H24N2O2S/c21-17(22)9-3-1-2-6-13-10-11-19-15(12-13)18-20-14-7-4-5-8-16(14)23-18/h4-5,7-8,13,15,19H,1-3,6,9-12H2,(H,21,22). The van der Waals surface area contributed by atoms with Gasteiger partial charge < -0.3 is 10.4 Å². The number of fused-ring (bicyclic) bond motifs is 1. The van der Waals surface area contributed by atoms with E-state index in [2.05, 4.69) is 23.5 Å². The monoisotopic (exact) mass is 332 g/mol. The van der Waals surface area contributed by atoms with Gasteiger partial charge in [-0.2, -0.15) is 0 Å². The van der Waals surface area contributed by atoms with Gasteiger partial charge in [0.05, 0.1) is 16.3 Å². The molecule has 3 rings (SSSR count). The molecule has 2 atom stereocenters. The van der Waals surface area contributed by atoms with E-state index in [0.717, 1.165) is 43.7 Å². The quantitative estimate of drug-likeness (QED) is 0.739. The molecule has 4 nitrogen and oxygen atoms in total. The normalized spacial score (nSPS) is 21.6. The van der Waals surface area contributed by atoms with Crippen LogP contribution in [0, 0.1) is 5.92 Å². The minimum atomic E-state index is -0.678. The van der Waals surface area contributed by atoms with Crippen LogP contribution >= 0.6 is 11.3 Å². The number of aliphatic carboxylic acids is 1. The largest absolute Gasteiger partial charge is 0.481 e. The first-order valence-electron chi connectivity index (χ1n) is 8.53. The van der Waals surface area contributed by atoms with E-state index in [1.54, 1.807) is 11.3 Å². The van der Waals surface area contributed by atoms with Crippen molar-refractivity contribution < 1.29 is 9.90 Å². The van der Waals surface area contributed by atoms with Gasteiger partial charge in [0.2, 0.25) is 0 Å². The third-order valence-corrected chi connectivity index (χ3v) is 5.77. The van der Waals surface area contributed by atoms with Crippen molar-refractivity contribution in [1.82, 2.24) is 10.3 Å². The Bertz CT molecular complexity index is 622. The number of thiazole rings is 1. The van der Waals surface area contributed by atoms with E-state index in [-0.39, 0.29) is 0 Å². The van der Waals surface area contributed by atoms with Crippen molar-refractivity contribution in [2.75, 3.05) is 6.54 Å². The number of carboxylic acids is 1. The second kappa shape index (κ2) is 7.88. The molecule has 1 saturated heterocycles. The molecule has 0 amide bonds. The predicted octanol–water partition coefficient (Wildman–Crippen LogP) is 4.37. The summed E-state index contributed by atoms with van der Waals surface area (Å²) in [6.45, 7) is 1.06. The van der Waals surface area contributed by atoms with Crippen molar-refractivity contribution in [2.45, 2.75) is 51.0 Å². The molecule has 2 aromatic rings. The van der Waals surface area contributed by atoms with Gasteiger partial charge in [-0.3, -0.25) is 4.79 Å². The number of nitrogens with zero attached hydrogens (tertiary/aromatic N) is 1. The molecule has 1 aromatic carbocycles. The summed E-state index contributed by atoms with van der Waals surface area (Å²) < 4.78 is 1.26. The summed E-state index contributed by atoms with van der Waals surface area (Å²) in [6.07, 6.45) is 6.87. The molecule has 2 heterocycles. The van der Waals surface area contributed by atoms with Crippen LogP contribution in [0.25, 0.3) is 10.2 Å². The fourth-order valence-electron chi connectivity index (χ4n) is 3.37. The molecule has 2 N–H and O–H groups in total. The Balaban J connectivity index is 1.50. The molecule has 2 unspecified atom stereocenters. The summed E-state index contributed by atoms with van der Waals surface area (Å²) in [7, 11) is 0. The van der Waals surface area contributed by atoms with Gasteiger partial charge in [-0.15, -0.1) is 11.3 Å². The average Bonchev–Trinajstić information content (AvgIpc) is 2.99. The number of carboxylic acid groups (broad SMARTS) is 1. The predicted molar refractivity (Wildman–Crippen MR) is 93.8 cm³/mol. The number of rotatable bonds is 7. The van der Waals surface area contributed by atoms with Gasteiger partial charge in [0.25, 0.3) is 0 Å². The molecule has 124 valence electrons. The zero-order chi connectivity index (χ0) is 16.1. The molecule has 1 fully saturated rings. The lowest BCUT2D eigenvalue weighted by molar-refractivity contribution is -0.137. The topological polar surface area (TPSA) is 62.2 Å². The van der Waals surface area contributed by atoms with Gasteiger partial charge in [-0.05, 0) is 43.9 Å². The first-order valence-corrected chi connectivity index (χ1v) is 9.34. The minimum absolute atomic E-state index is 0.306. The van der Waals surface area contributed by atoms with Crippen molar-refractivity contribution in [1.29, 1.82) is 0 Å². The van der Waals surface area contributed by atoms with Gasteiger partial charge in [0.1, 0.15) is 5.01 Å². The number of hydrogen-bond donors (Lipinski definition) is 2. The molecule has 0 aliphatic carbocycles. The number of benzene rings is 1. The molecule has 0 bridgehead atoms. The molecule has 1 aromatic heterocycles. The summed E-state index contributed by atoms with van der Waals surface area (Å²) in [5.41, 5.74) is 1.10. The molecule has 0 radical (unpaired) electrons. The molecular formula is C18H24N2O2S. The fourth-order valence-corrected chi connectivity index (χ4v) is 4.43. The van der Waals surface area contributed by atoms with Crippen molar-refractivity contribution in [2.24, 2.45) is 5.92 Å². The molecule has 0 saturated carbocycles. The molecule has 1 aliphatic heterocycles. The zero-order valence-electron chi connectivity index (χ0n) is 13.3. The summed E-state index contributed by atoms with van der Waals surface area (Å²) in [5.74, 6) is 0.0563. The Morgan fingerprint density at radius 1 is 1.30 bits per heavy atom. The van der Waals surface area contributed by atoms with Crippen molar-refractivity contribution in [3.8, 4) is 0 Å². The van der Waals surface area contributed by atoms with E-state index < -0.39 is 5.97 Å². The number of carbonyl (C=O) groups is 1. The number of para-hydroxylation sites is 1. The molecule has 1 aliphatic rings. The number of piperidine rings is 1. The first-order chi connectivity index (χ1) is 11.2. The van der Waals surface area contributed by atoms with E-state index in [4.69, 9.17) is 10.1 Å². The highest BCUT2D eigenvalue weighted by Crippen LogP contribution is 2.34. The fraction of sp³-hybridized carbons (Fsp3) is 0.556. The maximum Gasteiger partial charge on any atom is 0.303 e. The number of aromatic nitrogens is 1. The summed E-state index contributed by atoms with van der Waals surface area (Å²) in [5, 5.41) is 13.5. The van der Waals surface area contributed by atoms with Crippen LogP contribution in [-0.4, -0.2) is 22.6 Å². The summed E-state index contributed by atoms with van der Waals surface area (Å²) in [4.78, 5) is 15.3. The van der Waals surface area contributed by atoms with Gasteiger partial charge >= 0.3 is 5.97 Å². The lowest BCUT2D eigenvalue weighted by Crippen LogP contribution is -2.31. The molecule has 0 spiro atoms. The summed E-state index contributed by atoms with van der Waals surface area (Å²) >= 11 is 1.80. The van der Waals surface area contributed by atoms with E-state index in [0.29, 0.717) is 12.5 Å². The maximum absolute atomic E-state index is 10.5. The number of hydrogen-bond acceptors (Lipinski definition) is 4. The third-order valence-electron chi connectivity index (χ3n) is 4.62. The second-order valence-electron chi connectivity index (χ2n) is 6.41. The highest BCUT2D eigenvalue weighted by molar-refractivity contribution is 7.18. The van der Waals surface area contributed by atoms with Gasteiger partial charge in [-0.25, -0.2) is 4.98 Å². The number of nitrogens with one attached hydrogen (secondary N) is 1. The molecule has 5 heteroatoms. The zero-order valence-corrected chi connectivity index (χ0v) is 14.1. The Morgan fingerprint density at radius 3 is 3.00 bits per heavy atom. The smallest absolute Gasteiger partial charge is 0.303 e. The van der Waals surface area contributed by atoms with Crippen LogP contribution < -0.4 is 5.32 Å².